The van der Waals surface area contributed by atoms with Gasteiger partial charge < -0.3 is 15.3 Å². The second-order valence-corrected chi connectivity index (χ2v) is 3.07. The van der Waals surface area contributed by atoms with Crippen LogP contribution in [0.25, 0.3) is 11.1 Å². The van der Waals surface area contributed by atoms with E-state index in [1.165, 1.54) is 18.3 Å². The average molecular weight is 203 g/mol. The number of benzene rings is 1. The lowest BCUT2D eigenvalue weighted by Crippen LogP contribution is -1.82. The van der Waals surface area contributed by atoms with Crippen LogP contribution in [0.5, 0.6) is 17.2 Å². The molecule has 2 aromatic rings. The molecule has 0 radical (unpaired) electrons. The zero-order valence-electron chi connectivity index (χ0n) is 7.75. The Labute approximate surface area is 86.1 Å². The summed E-state index contributed by atoms with van der Waals surface area (Å²) in [6.07, 6.45) is 3.08. The van der Waals surface area contributed by atoms with Gasteiger partial charge in [0.1, 0.15) is 5.75 Å². The predicted molar refractivity (Wildman–Crippen MR) is 54.7 cm³/mol. The highest BCUT2D eigenvalue weighted by molar-refractivity contribution is 5.78. The van der Waals surface area contributed by atoms with Gasteiger partial charge in [0.05, 0.1) is 5.56 Å². The van der Waals surface area contributed by atoms with Crippen LogP contribution in [0.1, 0.15) is 0 Å². The number of phenolic OH excluding ortho intramolecular Hbond substituents is 3. The monoisotopic (exact) mass is 203 g/mol. The first kappa shape index (κ1) is 9.33. The number of hydrogen-bond acceptors (Lipinski definition) is 4. The van der Waals surface area contributed by atoms with Crippen molar-refractivity contribution in [3.63, 3.8) is 0 Å². The maximum absolute atomic E-state index is 9.59. The van der Waals surface area contributed by atoms with Crippen molar-refractivity contribution in [2.45, 2.75) is 0 Å². The minimum absolute atomic E-state index is 0.0988. The van der Waals surface area contributed by atoms with Gasteiger partial charge in [-0.3, -0.25) is 4.98 Å². The van der Waals surface area contributed by atoms with E-state index in [0.29, 0.717) is 5.56 Å². The summed E-state index contributed by atoms with van der Waals surface area (Å²) in [5.41, 5.74) is 0.728. The molecule has 76 valence electrons. The normalized spacial score (nSPS) is 10.1. The third kappa shape index (κ3) is 1.57. The summed E-state index contributed by atoms with van der Waals surface area (Å²) in [5, 5.41) is 28.5. The molecule has 1 heterocycles. The summed E-state index contributed by atoms with van der Waals surface area (Å²) in [4.78, 5) is 3.87. The van der Waals surface area contributed by atoms with Gasteiger partial charge in [0.15, 0.2) is 11.5 Å². The Kier molecular flexibility index (Phi) is 2.17. The molecule has 1 aromatic heterocycles. The van der Waals surface area contributed by atoms with E-state index in [1.54, 1.807) is 18.3 Å². The van der Waals surface area contributed by atoms with E-state index in [-0.39, 0.29) is 22.8 Å². The van der Waals surface area contributed by atoms with Crippen LogP contribution in [-0.4, -0.2) is 20.3 Å². The summed E-state index contributed by atoms with van der Waals surface area (Å²) >= 11 is 0. The van der Waals surface area contributed by atoms with Crippen LogP contribution < -0.4 is 0 Å². The van der Waals surface area contributed by atoms with Crippen molar-refractivity contribution < 1.29 is 15.3 Å². The lowest BCUT2D eigenvalue weighted by Gasteiger charge is -2.07. The minimum atomic E-state index is -0.344. The lowest BCUT2D eigenvalue weighted by molar-refractivity contribution is 0.398. The fourth-order valence-electron chi connectivity index (χ4n) is 1.36. The molecule has 4 heteroatoms. The molecule has 1 aromatic carbocycles. The van der Waals surface area contributed by atoms with Crippen LogP contribution in [-0.2, 0) is 0 Å². The zero-order valence-corrected chi connectivity index (χ0v) is 7.75. The number of aromatic hydroxyl groups is 3. The molecule has 0 aliphatic rings. The number of hydrogen-bond donors (Lipinski definition) is 3. The summed E-state index contributed by atoms with van der Waals surface area (Å²) in [6.45, 7) is 0. The summed E-state index contributed by atoms with van der Waals surface area (Å²) in [7, 11) is 0. The molecular formula is C11H9NO3. The van der Waals surface area contributed by atoms with Crippen molar-refractivity contribution in [3.05, 3.63) is 36.7 Å². The highest BCUT2D eigenvalue weighted by atomic mass is 16.3. The maximum atomic E-state index is 9.59. The first-order valence-corrected chi connectivity index (χ1v) is 4.34. The van der Waals surface area contributed by atoms with Gasteiger partial charge in [-0.05, 0) is 18.2 Å². The van der Waals surface area contributed by atoms with E-state index in [9.17, 15) is 15.3 Å². The number of rotatable bonds is 1. The molecule has 0 fully saturated rings. The zero-order chi connectivity index (χ0) is 10.8. The third-order valence-electron chi connectivity index (χ3n) is 2.08. The van der Waals surface area contributed by atoms with Gasteiger partial charge in [-0.2, -0.15) is 0 Å². The van der Waals surface area contributed by atoms with Gasteiger partial charge in [0.2, 0.25) is 0 Å². The van der Waals surface area contributed by atoms with Crippen LogP contribution in [0.3, 0.4) is 0 Å². The largest absolute Gasteiger partial charge is 0.507 e. The predicted octanol–water partition coefficient (Wildman–Crippen LogP) is 1.87. The maximum Gasteiger partial charge on any atom is 0.169 e. The molecule has 2 rings (SSSR count). The Hall–Kier alpha value is -2.23. The minimum Gasteiger partial charge on any atom is -0.507 e. The quantitative estimate of drug-likeness (QED) is 0.488. The first-order chi connectivity index (χ1) is 7.20. The van der Waals surface area contributed by atoms with Crippen molar-refractivity contribution in [1.82, 2.24) is 4.98 Å². The van der Waals surface area contributed by atoms with E-state index in [2.05, 4.69) is 4.98 Å². The molecular weight excluding hydrogens is 194 g/mol. The van der Waals surface area contributed by atoms with Crippen molar-refractivity contribution >= 4 is 0 Å². The van der Waals surface area contributed by atoms with E-state index in [4.69, 9.17) is 0 Å². The van der Waals surface area contributed by atoms with Gasteiger partial charge in [0.25, 0.3) is 0 Å². The summed E-state index contributed by atoms with van der Waals surface area (Å²) in [5.74, 6) is -0.715. The smallest absolute Gasteiger partial charge is 0.169 e. The SMILES string of the molecule is Oc1ccc(O)c(-c2cccnc2)c1O. The molecule has 0 aliphatic heterocycles. The van der Waals surface area contributed by atoms with Gasteiger partial charge in [-0.15, -0.1) is 0 Å². The van der Waals surface area contributed by atoms with E-state index < -0.39 is 0 Å². The summed E-state index contributed by atoms with van der Waals surface area (Å²) in [6, 6.07) is 5.90. The number of nitrogens with zero attached hydrogens (tertiary/aromatic N) is 1. The summed E-state index contributed by atoms with van der Waals surface area (Å²) < 4.78 is 0. The van der Waals surface area contributed by atoms with Gasteiger partial charge in [-0.25, -0.2) is 0 Å². The number of phenols is 3. The van der Waals surface area contributed by atoms with E-state index in [0.717, 1.165) is 0 Å². The molecule has 0 saturated heterocycles. The van der Waals surface area contributed by atoms with Crippen LogP contribution in [0.4, 0.5) is 0 Å². The molecule has 0 aliphatic carbocycles. The fraction of sp³-hybridized carbons (Fsp3) is 0. The Balaban J connectivity index is 2.68. The van der Waals surface area contributed by atoms with Gasteiger partial charge in [0, 0.05) is 18.0 Å². The fourth-order valence-corrected chi connectivity index (χ4v) is 1.36. The highest BCUT2D eigenvalue weighted by Gasteiger charge is 2.13. The van der Waals surface area contributed by atoms with E-state index in [1.807, 2.05) is 0 Å². The molecule has 0 unspecified atom stereocenters. The van der Waals surface area contributed by atoms with E-state index >= 15 is 0 Å². The molecule has 3 N–H and O–H groups in total. The highest BCUT2D eigenvalue weighted by Crippen LogP contribution is 2.42. The molecule has 0 bridgehead atoms. The molecule has 0 saturated carbocycles. The average Bonchev–Trinajstić information content (AvgIpc) is 2.26. The van der Waals surface area contributed by atoms with Crippen molar-refractivity contribution in [2.24, 2.45) is 0 Å². The van der Waals surface area contributed by atoms with Crippen molar-refractivity contribution in [3.8, 4) is 28.4 Å². The second kappa shape index (κ2) is 3.49. The van der Waals surface area contributed by atoms with Crippen LogP contribution in [0.15, 0.2) is 36.7 Å². The topological polar surface area (TPSA) is 73.6 Å². The standard InChI is InChI=1S/C11H9NO3/c13-8-3-4-9(14)11(15)10(8)7-2-1-5-12-6-7/h1-6,13-15H. The van der Waals surface area contributed by atoms with Crippen LogP contribution >= 0.6 is 0 Å². The Bertz CT molecular complexity index is 483. The molecule has 4 nitrogen and oxygen atoms in total. The molecule has 0 atom stereocenters. The van der Waals surface area contributed by atoms with Crippen molar-refractivity contribution in [2.75, 3.05) is 0 Å². The second-order valence-electron chi connectivity index (χ2n) is 3.07. The first-order valence-electron chi connectivity index (χ1n) is 4.34. The number of aromatic nitrogens is 1. The molecule has 0 spiro atoms. The van der Waals surface area contributed by atoms with Crippen molar-refractivity contribution in [1.29, 1.82) is 0 Å². The Morgan fingerprint density at radius 3 is 2.33 bits per heavy atom. The van der Waals surface area contributed by atoms with Gasteiger partial charge in [-0.1, -0.05) is 6.07 Å². The van der Waals surface area contributed by atoms with Gasteiger partial charge >= 0.3 is 0 Å². The molecule has 0 amide bonds. The van der Waals surface area contributed by atoms with Crippen LogP contribution in [0, 0.1) is 0 Å². The molecule has 15 heavy (non-hydrogen) atoms. The Morgan fingerprint density at radius 2 is 1.67 bits per heavy atom. The Morgan fingerprint density at radius 1 is 0.933 bits per heavy atom. The van der Waals surface area contributed by atoms with Crippen LogP contribution in [0.2, 0.25) is 0 Å². The third-order valence-corrected chi connectivity index (χ3v) is 2.08. The number of pyridine rings is 1. The lowest BCUT2D eigenvalue weighted by atomic mass is 10.1.